The molecular formula is C28H29ClN4O4S. The van der Waals surface area contributed by atoms with Gasteiger partial charge in [0.1, 0.15) is 12.4 Å². The van der Waals surface area contributed by atoms with Crippen molar-refractivity contribution in [2.75, 3.05) is 26.0 Å². The Balaban J connectivity index is 1.43. The van der Waals surface area contributed by atoms with Gasteiger partial charge in [0, 0.05) is 40.3 Å². The molecule has 0 fully saturated rings. The van der Waals surface area contributed by atoms with Crippen LogP contribution >= 0.6 is 22.9 Å². The molecule has 1 aliphatic rings. The fraction of sp³-hybridized carbons (Fsp3) is 0.321. The lowest BCUT2D eigenvalue weighted by Gasteiger charge is -2.23. The van der Waals surface area contributed by atoms with E-state index in [0.29, 0.717) is 27.0 Å². The Labute approximate surface area is 229 Å². The Kier molecular flexibility index (Phi) is 7.17. The summed E-state index contributed by atoms with van der Waals surface area (Å²) in [5.41, 5.74) is 3.01. The van der Waals surface area contributed by atoms with E-state index in [4.69, 9.17) is 21.1 Å². The van der Waals surface area contributed by atoms with E-state index in [1.165, 1.54) is 18.4 Å². The van der Waals surface area contributed by atoms with Crippen LogP contribution in [0.3, 0.4) is 0 Å². The van der Waals surface area contributed by atoms with E-state index < -0.39 is 5.41 Å². The lowest BCUT2D eigenvalue weighted by molar-refractivity contribution is -0.146. The van der Waals surface area contributed by atoms with E-state index in [9.17, 15) is 9.59 Å². The number of hydrogen-bond donors (Lipinski definition) is 2. The number of hydrogen-bond acceptors (Lipinski definition) is 7. The van der Waals surface area contributed by atoms with Gasteiger partial charge in [-0.25, -0.2) is 4.98 Å². The molecule has 0 unspecified atom stereocenters. The zero-order chi connectivity index (χ0) is 27.0. The van der Waals surface area contributed by atoms with Gasteiger partial charge in [0.05, 0.1) is 29.6 Å². The predicted octanol–water partition coefficient (Wildman–Crippen LogP) is 5.55. The molecule has 2 N–H and O–H groups in total. The molecule has 0 bridgehead atoms. The lowest BCUT2D eigenvalue weighted by atomic mass is 9.84. The molecule has 0 spiro atoms. The number of likely N-dealkylation sites (N-methyl/N-ethyl adjacent to an activating group) is 1. The van der Waals surface area contributed by atoms with Crippen LogP contribution in [0.5, 0.6) is 5.75 Å². The number of fused-ring (bicyclic) bond motifs is 2. The van der Waals surface area contributed by atoms with E-state index in [1.807, 2.05) is 30.3 Å². The Morgan fingerprint density at radius 1 is 1.21 bits per heavy atom. The van der Waals surface area contributed by atoms with Crippen molar-refractivity contribution in [3.8, 4) is 5.75 Å². The SMILES string of the molecule is COC(=O)C(C)(C)c1ccc(OCc2cc3cc(Cl)ccc3[nH]2)c(NC(=O)c2nc3c(s2)CN(C)CC3)c1. The minimum absolute atomic E-state index is 0.243. The summed E-state index contributed by atoms with van der Waals surface area (Å²) in [5, 5.41) is 5.03. The molecule has 1 amide bonds. The van der Waals surface area contributed by atoms with Gasteiger partial charge in [-0.3, -0.25) is 9.59 Å². The molecule has 0 saturated carbocycles. The number of thiazole rings is 1. The van der Waals surface area contributed by atoms with Crippen LogP contribution in [-0.2, 0) is 34.5 Å². The third-order valence-corrected chi connectivity index (χ3v) is 8.10. The van der Waals surface area contributed by atoms with Gasteiger partial charge >= 0.3 is 5.97 Å². The van der Waals surface area contributed by atoms with Crippen molar-refractivity contribution < 1.29 is 19.1 Å². The van der Waals surface area contributed by atoms with Crippen molar-refractivity contribution in [3.05, 3.63) is 74.3 Å². The zero-order valence-electron chi connectivity index (χ0n) is 21.7. The van der Waals surface area contributed by atoms with Crippen molar-refractivity contribution in [1.82, 2.24) is 14.9 Å². The molecule has 0 atom stereocenters. The van der Waals surface area contributed by atoms with Crippen LogP contribution in [0.1, 0.15) is 45.5 Å². The average Bonchev–Trinajstić information content (AvgIpc) is 3.50. The maximum Gasteiger partial charge on any atom is 0.315 e. The number of rotatable bonds is 7. The summed E-state index contributed by atoms with van der Waals surface area (Å²) in [7, 11) is 3.42. The first-order valence-corrected chi connectivity index (χ1v) is 13.4. The molecule has 198 valence electrons. The largest absolute Gasteiger partial charge is 0.485 e. The fourth-order valence-corrected chi connectivity index (χ4v) is 5.77. The van der Waals surface area contributed by atoms with Crippen molar-refractivity contribution in [1.29, 1.82) is 0 Å². The maximum absolute atomic E-state index is 13.3. The number of carbonyl (C=O) groups excluding carboxylic acids is 2. The molecule has 3 heterocycles. The number of amides is 1. The number of carbonyl (C=O) groups is 2. The van der Waals surface area contributed by atoms with Crippen molar-refractivity contribution in [2.24, 2.45) is 0 Å². The number of aromatic amines is 1. The van der Waals surface area contributed by atoms with Gasteiger partial charge in [0.25, 0.3) is 5.91 Å². The van der Waals surface area contributed by atoms with Crippen LogP contribution in [0.2, 0.25) is 5.02 Å². The normalized spacial score (nSPS) is 13.8. The summed E-state index contributed by atoms with van der Waals surface area (Å²) in [4.78, 5) is 37.0. The van der Waals surface area contributed by atoms with Gasteiger partial charge in [-0.1, -0.05) is 17.7 Å². The molecule has 38 heavy (non-hydrogen) atoms. The highest BCUT2D eigenvalue weighted by Crippen LogP contribution is 2.34. The Bertz CT molecular complexity index is 1530. The first-order chi connectivity index (χ1) is 18.1. The fourth-order valence-electron chi connectivity index (χ4n) is 4.51. The van der Waals surface area contributed by atoms with E-state index in [0.717, 1.165) is 46.7 Å². The third-order valence-electron chi connectivity index (χ3n) is 6.78. The van der Waals surface area contributed by atoms with Crippen molar-refractivity contribution in [2.45, 2.75) is 38.8 Å². The number of methoxy groups -OCH3 is 1. The standard InChI is InChI=1S/C28H29ClN4O4S/c1-28(2,27(35)36-4)17-5-8-23(37-15-19-12-16-11-18(29)6-7-20(16)30-19)22(13-17)31-25(34)26-32-21-9-10-33(3)14-24(21)38-26/h5-8,11-13,30H,9-10,14-15H2,1-4H3,(H,31,34). The quantitative estimate of drug-likeness (QED) is 0.292. The Morgan fingerprint density at radius 2 is 2.03 bits per heavy atom. The average molecular weight is 553 g/mol. The molecule has 8 nitrogen and oxygen atoms in total. The number of nitrogens with zero attached hydrogens (tertiary/aromatic N) is 2. The molecule has 0 saturated heterocycles. The highest BCUT2D eigenvalue weighted by Gasteiger charge is 2.32. The minimum atomic E-state index is -0.923. The molecule has 10 heteroatoms. The number of aromatic nitrogens is 2. The van der Waals surface area contributed by atoms with Crippen LogP contribution in [0.4, 0.5) is 5.69 Å². The maximum atomic E-state index is 13.3. The van der Waals surface area contributed by atoms with Gasteiger partial charge in [-0.15, -0.1) is 11.3 Å². The molecule has 4 aromatic rings. The lowest BCUT2D eigenvalue weighted by Crippen LogP contribution is -2.30. The molecular weight excluding hydrogens is 524 g/mol. The van der Waals surface area contributed by atoms with Crippen molar-refractivity contribution in [3.63, 3.8) is 0 Å². The van der Waals surface area contributed by atoms with Gasteiger partial charge in [0.15, 0.2) is 5.01 Å². The van der Waals surface area contributed by atoms with E-state index in [-0.39, 0.29) is 18.5 Å². The number of halogens is 1. The number of esters is 1. The van der Waals surface area contributed by atoms with Gasteiger partial charge in [-0.05, 0) is 62.9 Å². The second-order valence-electron chi connectivity index (χ2n) is 9.97. The highest BCUT2D eigenvalue weighted by molar-refractivity contribution is 7.13. The zero-order valence-corrected chi connectivity index (χ0v) is 23.3. The summed E-state index contributed by atoms with van der Waals surface area (Å²) in [6.07, 6.45) is 0.822. The molecule has 1 aliphatic heterocycles. The summed E-state index contributed by atoms with van der Waals surface area (Å²) in [5.74, 6) is -0.220. The van der Waals surface area contributed by atoms with Gasteiger partial charge in [-0.2, -0.15) is 0 Å². The predicted molar refractivity (Wildman–Crippen MR) is 149 cm³/mol. The smallest absolute Gasteiger partial charge is 0.315 e. The minimum Gasteiger partial charge on any atom is -0.485 e. The summed E-state index contributed by atoms with van der Waals surface area (Å²) >= 11 is 7.53. The topological polar surface area (TPSA) is 96.5 Å². The number of H-pyrrole nitrogens is 1. The number of ether oxygens (including phenoxy) is 2. The Morgan fingerprint density at radius 3 is 2.82 bits per heavy atom. The summed E-state index contributed by atoms with van der Waals surface area (Å²) in [6, 6.07) is 12.9. The van der Waals surface area contributed by atoms with Crippen molar-refractivity contribution >= 4 is 51.4 Å². The first-order valence-electron chi connectivity index (χ1n) is 12.3. The highest BCUT2D eigenvalue weighted by atomic mass is 35.5. The van der Waals surface area contributed by atoms with Crippen LogP contribution in [0.15, 0.2) is 42.5 Å². The van der Waals surface area contributed by atoms with Crippen LogP contribution in [-0.4, -0.2) is 47.4 Å². The second-order valence-corrected chi connectivity index (χ2v) is 11.5. The molecule has 0 radical (unpaired) electrons. The van der Waals surface area contributed by atoms with Crippen LogP contribution in [0, 0.1) is 0 Å². The molecule has 0 aliphatic carbocycles. The summed E-state index contributed by atoms with van der Waals surface area (Å²) < 4.78 is 11.2. The molecule has 2 aromatic carbocycles. The monoisotopic (exact) mass is 552 g/mol. The van der Waals surface area contributed by atoms with E-state index >= 15 is 0 Å². The van der Waals surface area contributed by atoms with E-state index in [1.54, 1.807) is 26.0 Å². The molecule has 2 aromatic heterocycles. The second kappa shape index (κ2) is 10.4. The number of nitrogens with one attached hydrogen (secondary N) is 2. The van der Waals surface area contributed by atoms with Crippen LogP contribution < -0.4 is 10.1 Å². The number of anilines is 1. The van der Waals surface area contributed by atoms with Gasteiger partial charge in [0.2, 0.25) is 0 Å². The molecule has 5 rings (SSSR count). The first kappa shape index (κ1) is 26.2. The summed E-state index contributed by atoms with van der Waals surface area (Å²) in [6.45, 7) is 5.50. The number of benzene rings is 2. The third kappa shape index (κ3) is 5.27. The van der Waals surface area contributed by atoms with Crippen LogP contribution in [0.25, 0.3) is 10.9 Å². The Hall–Kier alpha value is -3.40. The van der Waals surface area contributed by atoms with E-state index in [2.05, 4.69) is 27.2 Å². The van der Waals surface area contributed by atoms with Gasteiger partial charge < -0.3 is 24.7 Å².